The molecular weight excluding hydrogens is 286 g/mol. The molecule has 3 heteroatoms. The molecule has 0 saturated heterocycles. The molecule has 0 unspecified atom stereocenters. The fraction of sp³-hybridized carbons (Fsp3) is 0.200. The molecule has 0 radical (unpaired) electrons. The van der Waals surface area contributed by atoms with Crippen LogP contribution in [0.25, 0.3) is 6.08 Å². The molecule has 0 saturated carbocycles. The summed E-state index contributed by atoms with van der Waals surface area (Å²) in [5, 5.41) is 0. The number of carbonyl (C=O) groups is 1. The summed E-state index contributed by atoms with van der Waals surface area (Å²) < 4.78 is 5.30. The standard InChI is InChI=1S/C20H19NO2/c1-13-9-14(2)17(15(3)10-13)12-18-20(22)23-19(21-18)11-16-7-5-4-6-8-16/h4-10,12H,11H2,1-3H3/b18-12-. The molecule has 116 valence electrons. The zero-order chi connectivity index (χ0) is 16.4. The summed E-state index contributed by atoms with van der Waals surface area (Å²) in [6.07, 6.45) is 2.35. The van der Waals surface area contributed by atoms with E-state index in [0.29, 0.717) is 18.0 Å². The molecule has 3 rings (SSSR count). The van der Waals surface area contributed by atoms with Gasteiger partial charge < -0.3 is 4.74 Å². The Morgan fingerprint density at radius 1 is 1.04 bits per heavy atom. The van der Waals surface area contributed by atoms with Gasteiger partial charge in [-0.05, 0) is 49.1 Å². The third-order valence-electron chi connectivity index (χ3n) is 3.88. The highest BCUT2D eigenvalue weighted by atomic mass is 16.6. The number of nitrogens with zero attached hydrogens (tertiary/aromatic N) is 1. The lowest BCUT2D eigenvalue weighted by molar-refractivity contribution is -0.130. The largest absolute Gasteiger partial charge is 0.406 e. The maximum atomic E-state index is 12.1. The first-order valence-corrected chi connectivity index (χ1v) is 7.66. The smallest absolute Gasteiger partial charge is 0.363 e. The highest BCUT2D eigenvalue weighted by Gasteiger charge is 2.23. The number of hydrogen-bond donors (Lipinski definition) is 0. The number of aryl methyl sites for hydroxylation is 3. The number of rotatable bonds is 3. The van der Waals surface area contributed by atoms with E-state index in [1.807, 2.05) is 50.3 Å². The normalized spacial score (nSPS) is 15.7. The second-order valence-corrected chi connectivity index (χ2v) is 5.90. The van der Waals surface area contributed by atoms with E-state index in [2.05, 4.69) is 24.0 Å². The summed E-state index contributed by atoms with van der Waals surface area (Å²) >= 11 is 0. The molecule has 0 aliphatic carbocycles. The highest BCUT2D eigenvalue weighted by Crippen LogP contribution is 2.23. The van der Waals surface area contributed by atoms with Gasteiger partial charge in [0.2, 0.25) is 5.90 Å². The average Bonchev–Trinajstić information content (AvgIpc) is 2.83. The van der Waals surface area contributed by atoms with E-state index >= 15 is 0 Å². The SMILES string of the molecule is Cc1cc(C)c(/C=C2\N=C(Cc3ccccc3)OC2=O)c(C)c1. The lowest BCUT2D eigenvalue weighted by Crippen LogP contribution is -2.06. The van der Waals surface area contributed by atoms with Crippen molar-refractivity contribution < 1.29 is 9.53 Å². The predicted molar refractivity (Wildman–Crippen MR) is 92.3 cm³/mol. The minimum absolute atomic E-state index is 0.367. The summed E-state index contributed by atoms with van der Waals surface area (Å²) in [5.41, 5.74) is 5.95. The fourth-order valence-corrected chi connectivity index (χ4v) is 2.85. The van der Waals surface area contributed by atoms with Gasteiger partial charge in [0.1, 0.15) is 0 Å². The number of ether oxygens (including phenoxy) is 1. The Kier molecular flexibility index (Phi) is 4.11. The molecule has 23 heavy (non-hydrogen) atoms. The molecule has 1 aliphatic rings. The van der Waals surface area contributed by atoms with Crippen molar-refractivity contribution in [1.82, 2.24) is 0 Å². The fourth-order valence-electron chi connectivity index (χ4n) is 2.85. The van der Waals surface area contributed by atoms with Crippen LogP contribution in [-0.2, 0) is 16.0 Å². The lowest BCUT2D eigenvalue weighted by Gasteiger charge is -2.07. The van der Waals surface area contributed by atoms with Gasteiger partial charge in [-0.3, -0.25) is 0 Å². The van der Waals surface area contributed by atoms with Crippen molar-refractivity contribution in [3.63, 3.8) is 0 Å². The second kappa shape index (κ2) is 6.21. The first-order valence-electron chi connectivity index (χ1n) is 7.66. The maximum Gasteiger partial charge on any atom is 0.363 e. The molecule has 0 bridgehead atoms. The van der Waals surface area contributed by atoms with Crippen LogP contribution < -0.4 is 0 Å². The molecular formula is C20H19NO2. The summed E-state index contributed by atoms with van der Waals surface area (Å²) in [7, 11) is 0. The molecule has 0 spiro atoms. The Hall–Kier alpha value is -2.68. The van der Waals surface area contributed by atoms with E-state index in [0.717, 1.165) is 22.3 Å². The van der Waals surface area contributed by atoms with Crippen LogP contribution in [0.4, 0.5) is 0 Å². The molecule has 1 heterocycles. The zero-order valence-corrected chi connectivity index (χ0v) is 13.6. The number of cyclic esters (lactones) is 1. The molecule has 1 aliphatic heterocycles. The van der Waals surface area contributed by atoms with E-state index in [-0.39, 0.29) is 5.97 Å². The molecule has 2 aromatic rings. The van der Waals surface area contributed by atoms with Gasteiger partial charge in [-0.1, -0.05) is 48.0 Å². The molecule has 0 atom stereocenters. The molecule has 0 amide bonds. The first kappa shape index (κ1) is 15.2. The third-order valence-corrected chi connectivity index (χ3v) is 3.88. The topological polar surface area (TPSA) is 38.7 Å². The van der Waals surface area contributed by atoms with E-state index in [1.165, 1.54) is 5.56 Å². The van der Waals surface area contributed by atoms with Crippen molar-refractivity contribution in [1.29, 1.82) is 0 Å². The number of aliphatic imine (C=N–C) groups is 1. The third kappa shape index (κ3) is 3.39. The van der Waals surface area contributed by atoms with Gasteiger partial charge in [-0.15, -0.1) is 0 Å². The monoisotopic (exact) mass is 305 g/mol. The van der Waals surface area contributed by atoms with Crippen LogP contribution in [-0.4, -0.2) is 11.9 Å². The number of esters is 1. The number of benzene rings is 2. The Bertz CT molecular complexity index is 794. The average molecular weight is 305 g/mol. The van der Waals surface area contributed by atoms with E-state index < -0.39 is 0 Å². The summed E-state index contributed by atoms with van der Waals surface area (Å²) in [6.45, 7) is 6.15. The van der Waals surface area contributed by atoms with E-state index in [9.17, 15) is 4.79 Å². The van der Waals surface area contributed by atoms with Crippen LogP contribution in [0.5, 0.6) is 0 Å². The highest BCUT2D eigenvalue weighted by molar-refractivity contribution is 6.07. The Labute approximate surface area is 136 Å². The molecule has 2 aromatic carbocycles. The summed E-state index contributed by atoms with van der Waals surface area (Å²) in [5.74, 6) is 0.0742. The number of hydrogen-bond acceptors (Lipinski definition) is 3. The van der Waals surface area contributed by atoms with E-state index in [1.54, 1.807) is 0 Å². The van der Waals surface area contributed by atoms with Gasteiger partial charge in [0.15, 0.2) is 5.70 Å². The molecule has 0 fully saturated rings. The summed E-state index contributed by atoms with van der Waals surface area (Å²) in [6, 6.07) is 14.1. The van der Waals surface area contributed by atoms with Gasteiger partial charge in [-0.2, -0.15) is 0 Å². The van der Waals surface area contributed by atoms with Crippen LogP contribution in [0.1, 0.15) is 27.8 Å². The van der Waals surface area contributed by atoms with E-state index in [4.69, 9.17) is 4.74 Å². The van der Waals surface area contributed by atoms with Gasteiger partial charge in [0.05, 0.1) is 0 Å². The van der Waals surface area contributed by atoms with Crippen LogP contribution in [0.3, 0.4) is 0 Å². The quantitative estimate of drug-likeness (QED) is 0.631. The molecule has 0 N–H and O–H groups in total. The lowest BCUT2D eigenvalue weighted by atomic mass is 9.99. The molecule has 3 nitrogen and oxygen atoms in total. The predicted octanol–water partition coefficient (Wildman–Crippen LogP) is 4.15. The van der Waals surface area contributed by atoms with Crippen LogP contribution >= 0.6 is 0 Å². The first-order chi connectivity index (χ1) is 11.0. The van der Waals surface area contributed by atoms with Crippen molar-refractivity contribution in [2.24, 2.45) is 4.99 Å². The minimum atomic E-state index is -0.379. The maximum absolute atomic E-state index is 12.1. The van der Waals surface area contributed by atoms with Gasteiger partial charge in [0, 0.05) is 6.42 Å². The van der Waals surface area contributed by atoms with Crippen molar-refractivity contribution >= 4 is 17.9 Å². The van der Waals surface area contributed by atoms with Gasteiger partial charge in [-0.25, -0.2) is 9.79 Å². The second-order valence-electron chi connectivity index (χ2n) is 5.90. The van der Waals surface area contributed by atoms with Crippen LogP contribution in [0, 0.1) is 20.8 Å². The van der Waals surface area contributed by atoms with Crippen LogP contribution in [0.2, 0.25) is 0 Å². The van der Waals surface area contributed by atoms with Crippen LogP contribution in [0.15, 0.2) is 53.2 Å². The number of carbonyl (C=O) groups excluding carboxylic acids is 1. The summed E-state index contributed by atoms with van der Waals surface area (Å²) in [4.78, 5) is 16.4. The van der Waals surface area contributed by atoms with Gasteiger partial charge in [0.25, 0.3) is 0 Å². The van der Waals surface area contributed by atoms with Gasteiger partial charge >= 0.3 is 5.97 Å². The van der Waals surface area contributed by atoms with Crippen molar-refractivity contribution in [3.8, 4) is 0 Å². The zero-order valence-electron chi connectivity index (χ0n) is 13.6. The Balaban J connectivity index is 1.90. The Morgan fingerprint density at radius 2 is 1.70 bits per heavy atom. The minimum Gasteiger partial charge on any atom is -0.406 e. The van der Waals surface area contributed by atoms with Crippen molar-refractivity contribution in [2.75, 3.05) is 0 Å². The molecule has 0 aromatic heterocycles. The van der Waals surface area contributed by atoms with Crippen molar-refractivity contribution in [3.05, 3.63) is 76.0 Å². The van der Waals surface area contributed by atoms with Crippen molar-refractivity contribution in [2.45, 2.75) is 27.2 Å². The Morgan fingerprint density at radius 3 is 2.35 bits per heavy atom.